The molecule has 1 N–H and O–H groups in total. The van der Waals surface area contributed by atoms with Crippen LogP contribution in [0.5, 0.6) is 0 Å². The molecule has 2 fully saturated rings. The van der Waals surface area contributed by atoms with Crippen LogP contribution in [0.2, 0.25) is 0 Å². The first-order valence-electron chi connectivity index (χ1n) is 6.72. The Morgan fingerprint density at radius 1 is 1.56 bits per heavy atom. The highest BCUT2D eigenvalue weighted by Gasteiger charge is 2.36. The van der Waals surface area contributed by atoms with Crippen LogP contribution in [-0.4, -0.2) is 41.5 Å². The maximum Gasteiger partial charge on any atom is 0.223 e. The van der Waals surface area contributed by atoms with Gasteiger partial charge < -0.3 is 10.2 Å². The Bertz CT molecular complexity index is 406. The number of carbonyl (C=O) groups is 1. The molecule has 1 amide bonds. The van der Waals surface area contributed by atoms with Gasteiger partial charge in [0, 0.05) is 37.5 Å². The van der Waals surface area contributed by atoms with E-state index in [1.807, 2.05) is 10.9 Å². The predicted octanol–water partition coefficient (Wildman–Crippen LogP) is 1.29. The molecule has 98 valence electrons. The normalized spacial score (nSPS) is 27.2. The zero-order chi connectivity index (χ0) is 12.4. The van der Waals surface area contributed by atoms with Crippen LogP contribution in [0.4, 0.5) is 0 Å². The molecular weight excluding hydrogens is 246 g/mol. The van der Waals surface area contributed by atoms with Gasteiger partial charge in [0.25, 0.3) is 0 Å². The first-order chi connectivity index (χ1) is 8.84. The fourth-order valence-electron chi connectivity index (χ4n) is 3.12. The summed E-state index contributed by atoms with van der Waals surface area (Å²) in [6.45, 7) is 3.01. The average Bonchev–Trinajstić information content (AvgIpc) is 3.05. The number of nitrogens with zero attached hydrogens (tertiary/aromatic N) is 2. The number of thiazole rings is 1. The summed E-state index contributed by atoms with van der Waals surface area (Å²) in [5.41, 5.74) is 2.88. The summed E-state index contributed by atoms with van der Waals surface area (Å²) in [6, 6.07) is 0.446. The molecule has 4 nitrogen and oxygen atoms in total. The second-order valence-corrected chi connectivity index (χ2v) is 5.91. The maximum atomic E-state index is 12.3. The molecule has 0 aliphatic carbocycles. The fourth-order valence-corrected chi connectivity index (χ4v) is 3.71. The standard InChI is InChI=1S/C13H19N3OS/c17-13(4-3-11-8-18-9-15-11)16-5-1-2-10-6-14-7-12(10)16/h8-10,12,14H,1-7H2/t10-,12+/m0/s1. The predicted molar refractivity (Wildman–Crippen MR) is 71.5 cm³/mol. The third-order valence-electron chi connectivity index (χ3n) is 4.08. The van der Waals surface area contributed by atoms with E-state index in [1.165, 1.54) is 6.42 Å². The van der Waals surface area contributed by atoms with Crippen LogP contribution in [0.25, 0.3) is 0 Å². The van der Waals surface area contributed by atoms with Gasteiger partial charge in [0.2, 0.25) is 5.91 Å². The monoisotopic (exact) mass is 265 g/mol. The third-order valence-corrected chi connectivity index (χ3v) is 4.71. The molecule has 0 aromatic carbocycles. The van der Waals surface area contributed by atoms with E-state index in [1.54, 1.807) is 11.3 Å². The SMILES string of the molecule is O=C(CCc1cscn1)N1CCC[C@H]2CNC[C@H]21. The summed E-state index contributed by atoms with van der Waals surface area (Å²) >= 11 is 1.60. The highest BCUT2D eigenvalue weighted by atomic mass is 32.1. The van der Waals surface area contributed by atoms with Crippen molar-refractivity contribution < 1.29 is 4.79 Å². The lowest BCUT2D eigenvalue weighted by molar-refractivity contribution is -0.135. The lowest BCUT2D eigenvalue weighted by Gasteiger charge is -2.37. The molecule has 0 unspecified atom stereocenters. The molecule has 3 rings (SSSR count). The van der Waals surface area contributed by atoms with Gasteiger partial charge in [0.15, 0.2) is 0 Å². The van der Waals surface area contributed by atoms with E-state index in [2.05, 4.69) is 15.2 Å². The zero-order valence-corrected chi connectivity index (χ0v) is 11.3. The largest absolute Gasteiger partial charge is 0.338 e. The fraction of sp³-hybridized carbons (Fsp3) is 0.692. The van der Waals surface area contributed by atoms with Crippen molar-refractivity contribution in [2.45, 2.75) is 31.7 Å². The van der Waals surface area contributed by atoms with Crippen molar-refractivity contribution in [1.82, 2.24) is 15.2 Å². The molecule has 2 aliphatic rings. The molecule has 2 saturated heterocycles. The van der Waals surface area contributed by atoms with Crippen molar-refractivity contribution >= 4 is 17.2 Å². The molecular formula is C13H19N3OS. The summed E-state index contributed by atoms with van der Waals surface area (Å²) in [4.78, 5) is 18.7. The van der Waals surface area contributed by atoms with Gasteiger partial charge in [0.1, 0.15) is 0 Å². The summed E-state index contributed by atoms with van der Waals surface area (Å²) < 4.78 is 0. The van der Waals surface area contributed by atoms with Gasteiger partial charge in [-0.1, -0.05) is 0 Å². The van der Waals surface area contributed by atoms with E-state index in [9.17, 15) is 4.79 Å². The Hall–Kier alpha value is -0.940. The van der Waals surface area contributed by atoms with E-state index < -0.39 is 0 Å². The summed E-state index contributed by atoms with van der Waals surface area (Å²) in [6.07, 6.45) is 3.81. The number of carbonyl (C=O) groups excluding carboxylic acids is 1. The number of hydrogen-bond donors (Lipinski definition) is 1. The molecule has 1 aromatic heterocycles. The zero-order valence-electron chi connectivity index (χ0n) is 10.5. The van der Waals surface area contributed by atoms with Crippen molar-refractivity contribution in [3.8, 4) is 0 Å². The van der Waals surface area contributed by atoms with E-state index in [4.69, 9.17) is 0 Å². The quantitative estimate of drug-likeness (QED) is 0.895. The van der Waals surface area contributed by atoms with Crippen LogP contribution in [0, 0.1) is 5.92 Å². The van der Waals surface area contributed by atoms with Gasteiger partial charge in [-0.25, -0.2) is 4.98 Å². The average molecular weight is 265 g/mol. The second-order valence-electron chi connectivity index (χ2n) is 5.19. The molecule has 2 atom stereocenters. The Balaban J connectivity index is 1.58. The second kappa shape index (κ2) is 5.36. The lowest BCUT2D eigenvalue weighted by atomic mass is 9.91. The Morgan fingerprint density at radius 3 is 3.33 bits per heavy atom. The minimum absolute atomic E-state index is 0.307. The Labute approximate surface area is 111 Å². The van der Waals surface area contributed by atoms with E-state index in [0.717, 1.165) is 38.2 Å². The van der Waals surface area contributed by atoms with Crippen molar-refractivity contribution in [3.63, 3.8) is 0 Å². The Kier molecular flexibility index (Phi) is 3.61. The first kappa shape index (κ1) is 12.1. The van der Waals surface area contributed by atoms with Crippen LogP contribution in [0.15, 0.2) is 10.9 Å². The van der Waals surface area contributed by atoms with Gasteiger partial charge in [0.05, 0.1) is 11.2 Å². The molecule has 0 bridgehead atoms. The van der Waals surface area contributed by atoms with Crippen molar-refractivity contribution in [3.05, 3.63) is 16.6 Å². The molecule has 18 heavy (non-hydrogen) atoms. The number of piperidine rings is 1. The topological polar surface area (TPSA) is 45.2 Å². The van der Waals surface area contributed by atoms with Gasteiger partial charge in [-0.2, -0.15) is 0 Å². The molecule has 0 spiro atoms. The van der Waals surface area contributed by atoms with Gasteiger partial charge in [-0.15, -0.1) is 11.3 Å². The number of amides is 1. The molecule has 3 heterocycles. The molecule has 2 aliphatic heterocycles. The number of aromatic nitrogens is 1. The van der Waals surface area contributed by atoms with Crippen LogP contribution in [-0.2, 0) is 11.2 Å². The van der Waals surface area contributed by atoms with Gasteiger partial charge in [-0.3, -0.25) is 4.79 Å². The molecule has 1 aromatic rings. The number of nitrogens with one attached hydrogen (secondary N) is 1. The highest BCUT2D eigenvalue weighted by Crippen LogP contribution is 2.27. The number of aryl methyl sites for hydroxylation is 1. The maximum absolute atomic E-state index is 12.3. The first-order valence-corrected chi connectivity index (χ1v) is 7.66. The van der Waals surface area contributed by atoms with E-state index >= 15 is 0 Å². The summed E-state index contributed by atoms with van der Waals surface area (Å²) in [7, 11) is 0. The molecule has 0 radical (unpaired) electrons. The van der Waals surface area contributed by atoms with E-state index in [0.29, 0.717) is 24.3 Å². The number of rotatable bonds is 3. The minimum Gasteiger partial charge on any atom is -0.338 e. The van der Waals surface area contributed by atoms with Crippen LogP contribution in [0.3, 0.4) is 0 Å². The third kappa shape index (κ3) is 2.42. The van der Waals surface area contributed by atoms with Crippen LogP contribution < -0.4 is 5.32 Å². The highest BCUT2D eigenvalue weighted by molar-refractivity contribution is 7.07. The summed E-state index contributed by atoms with van der Waals surface area (Å²) in [5.74, 6) is 0.989. The minimum atomic E-state index is 0.307. The van der Waals surface area contributed by atoms with Crippen molar-refractivity contribution in [2.75, 3.05) is 19.6 Å². The summed E-state index contributed by atoms with van der Waals surface area (Å²) in [5, 5.41) is 5.45. The Morgan fingerprint density at radius 2 is 2.50 bits per heavy atom. The molecule has 5 heteroatoms. The van der Waals surface area contributed by atoms with E-state index in [-0.39, 0.29) is 0 Å². The lowest BCUT2D eigenvalue weighted by Crippen LogP contribution is -2.48. The smallest absolute Gasteiger partial charge is 0.223 e. The molecule has 0 saturated carbocycles. The number of hydrogen-bond acceptors (Lipinski definition) is 4. The van der Waals surface area contributed by atoms with Crippen LogP contribution >= 0.6 is 11.3 Å². The number of fused-ring (bicyclic) bond motifs is 1. The van der Waals surface area contributed by atoms with Gasteiger partial charge >= 0.3 is 0 Å². The van der Waals surface area contributed by atoms with Crippen molar-refractivity contribution in [2.24, 2.45) is 5.92 Å². The number of likely N-dealkylation sites (tertiary alicyclic amines) is 1. The van der Waals surface area contributed by atoms with Gasteiger partial charge in [-0.05, 0) is 25.2 Å². The van der Waals surface area contributed by atoms with Crippen LogP contribution in [0.1, 0.15) is 25.0 Å². The van der Waals surface area contributed by atoms with Crippen molar-refractivity contribution in [1.29, 1.82) is 0 Å².